The summed E-state index contributed by atoms with van der Waals surface area (Å²) in [6.45, 7) is 4.34. The second-order valence-electron chi connectivity index (χ2n) is 5.15. The number of ether oxygens (including phenoxy) is 1. The maximum Gasteiger partial charge on any atom is 0.397 e. The number of carboxylic acids is 1. The number of halogens is 1. The summed E-state index contributed by atoms with van der Waals surface area (Å²) < 4.78 is 18.0. The average molecular weight is 261 g/mol. The van der Waals surface area contributed by atoms with Gasteiger partial charge in [-0.15, -0.1) is 0 Å². The van der Waals surface area contributed by atoms with Gasteiger partial charge in [0, 0.05) is 6.42 Å². The topological polar surface area (TPSA) is 83.9 Å². The van der Waals surface area contributed by atoms with Crippen molar-refractivity contribution in [3.8, 4) is 0 Å². The second kappa shape index (κ2) is 4.91. The van der Waals surface area contributed by atoms with Crippen molar-refractivity contribution >= 4 is 17.8 Å². The fourth-order valence-electron chi connectivity index (χ4n) is 1.68. The van der Waals surface area contributed by atoms with Gasteiger partial charge < -0.3 is 14.7 Å². The Labute approximate surface area is 104 Å². The van der Waals surface area contributed by atoms with Crippen molar-refractivity contribution in [2.75, 3.05) is 6.54 Å². The molecule has 0 unspecified atom stereocenters. The number of rotatable bonds is 1. The van der Waals surface area contributed by atoms with Crippen LogP contribution in [0, 0.1) is 0 Å². The van der Waals surface area contributed by atoms with Crippen molar-refractivity contribution in [2.45, 2.75) is 45.0 Å². The molecule has 102 valence electrons. The van der Waals surface area contributed by atoms with E-state index in [1.807, 2.05) is 0 Å². The van der Waals surface area contributed by atoms with Crippen LogP contribution in [-0.2, 0) is 19.1 Å². The fourth-order valence-corrected chi connectivity index (χ4v) is 1.68. The number of aliphatic carboxylic acids is 1. The minimum Gasteiger partial charge on any atom is -0.480 e. The molecule has 0 spiro atoms. The van der Waals surface area contributed by atoms with Crippen LogP contribution in [0.15, 0.2) is 0 Å². The first-order valence-electron chi connectivity index (χ1n) is 5.52. The van der Waals surface area contributed by atoms with Crippen molar-refractivity contribution in [3.05, 3.63) is 0 Å². The van der Waals surface area contributed by atoms with Crippen molar-refractivity contribution < 1.29 is 28.6 Å². The first kappa shape index (κ1) is 14.4. The van der Waals surface area contributed by atoms with Crippen molar-refractivity contribution in [3.63, 3.8) is 0 Å². The van der Waals surface area contributed by atoms with E-state index in [4.69, 9.17) is 9.84 Å². The number of likely N-dealkylation sites (tertiary alicyclic amines) is 1. The molecule has 0 aromatic carbocycles. The van der Waals surface area contributed by atoms with E-state index in [0.717, 1.165) is 0 Å². The first-order valence-corrected chi connectivity index (χ1v) is 5.52. The van der Waals surface area contributed by atoms with Gasteiger partial charge in [-0.25, -0.2) is 14.0 Å². The minimum atomic E-state index is -1.43. The lowest BCUT2D eigenvalue weighted by atomic mass is 10.2. The number of carbonyl (C=O) groups is 3. The second-order valence-corrected chi connectivity index (χ2v) is 5.15. The molecular formula is C11H16FNO5. The minimum absolute atomic E-state index is 0.302. The summed E-state index contributed by atoms with van der Waals surface area (Å²) in [5.74, 6) is -3.60. The summed E-state index contributed by atoms with van der Waals surface area (Å²) in [6, 6.07) is -1.31. The molecule has 0 aliphatic carbocycles. The van der Waals surface area contributed by atoms with E-state index >= 15 is 0 Å². The third kappa shape index (κ3) is 3.41. The Morgan fingerprint density at radius 2 is 1.89 bits per heavy atom. The molecule has 6 nitrogen and oxygen atoms in total. The van der Waals surface area contributed by atoms with Gasteiger partial charge >= 0.3 is 17.8 Å². The van der Waals surface area contributed by atoms with Crippen LogP contribution in [-0.4, -0.2) is 52.2 Å². The first-order chi connectivity index (χ1) is 8.11. The van der Waals surface area contributed by atoms with Crippen molar-refractivity contribution in [2.24, 2.45) is 0 Å². The summed E-state index contributed by atoms with van der Waals surface area (Å²) in [4.78, 5) is 34.8. The van der Waals surface area contributed by atoms with Gasteiger partial charge in [0.1, 0.15) is 17.8 Å². The lowest BCUT2D eigenvalue weighted by molar-refractivity contribution is -0.169. The lowest BCUT2D eigenvalue weighted by Gasteiger charge is -2.23. The van der Waals surface area contributed by atoms with Gasteiger partial charge in [-0.05, 0) is 20.8 Å². The van der Waals surface area contributed by atoms with Crippen LogP contribution in [0.4, 0.5) is 4.39 Å². The highest BCUT2D eigenvalue weighted by Gasteiger charge is 2.43. The molecule has 18 heavy (non-hydrogen) atoms. The zero-order valence-corrected chi connectivity index (χ0v) is 10.5. The van der Waals surface area contributed by atoms with Crippen LogP contribution < -0.4 is 0 Å². The Bertz CT molecular complexity index is 376. The molecular weight excluding hydrogens is 245 g/mol. The van der Waals surface area contributed by atoms with Gasteiger partial charge in [0.15, 0.2) is 0 Å². The summed E-state index contributed by atoms with van der Waals surface area (Å²) in [6.07, 6.45) is -1.73. The number of hydrogen-bond acceptors (Lipinski definition) is 4. The van der Waals surface area contributed by atoms with Gasteiger partial charge in [-0.1, -0.05) is 0 Å². The van der Waals surface area contributed by atoms with E-state index < -0.39 is 42.2 Å². The van der Waals surface area contributed by atoms with E-state index in [0.29, 0.717) is 4.90 Å². The van der Waals surface area contributed by atoms with Crippen LogP contribution >= 0.6 is 0 Å². The Morgan fingerprint density at radius 1 is 1.33 bits per heavy atom. The Hall–Kier alpha value is -1.66. The number of carbonyl (C=O) groups excluding carboxylic acids is 2. The number of hydrogen-bond donors (Lipinski definition) is 1. The van der Waals surface area contributed by atoms with Crippen LogP contribution in [0.1, 0.15) is 27.2 Å². The lowest BCUT2D eigenvalue weighted by Crippen LogP contribution is -2.46. The highest BCUT2D eigenvalue weighted by Crippen LogP contribution is 2.21. The number of carboxylic acid groups (broad SMARTS) is 1. The normalized spacial score (nSPS) is 23.9. The van der Waals surface area contributed by atoms with Gasteiger partial charge in [0.05, 0.1) is 6.54 Å². The maximum absolute atomic E-state index is 13.1. The van der Waals surface area contributed by atoms with Gasteiger partial charge in [-0.3, -0.25) is 4.79 Å². The predicted molar refractivity (Wildman–Crippen MR) is 58.5 cm³/mol. The van der Waals surface area contributed by atoms with Crippen molar-refractivity contribution in [1.29, 1.82) is 0 Å². The molecule has 1 amide bonds. The molecule has 1 heterocycles. The highest BCUT2D eigenvalue weighted by molar-refractivity contribution is 6.33. The largest absolute Gasteiger partial charge is 0.480 e. The van der Waals surface area contributed by atoms with E-state index in [-0.39, 0.29) is 6.42 Å². The van der Waals surface area contributed by atoms with Crippen LogP contribution in [0.5, 0.6) is 0 Å². The molecule has 1 saturated heterocycles. The van der Waals surface area contributed by atoms with Crippen molar-refractivity contribution in [1.82, 2.24) is 4.90 Å². The fraction of sp³-hybridized carbons (Fsp3) is 0.727. The van der Waals surface area contributed by atoms with Gasteiger partial charge in [0.2, 0.25) is 0 Å². The molecule has 1 rings (SSSR count). The van der Waals surface area contributed by atoms with Gasteiger partial charge in [-0.2, -0.15) is 0 Å². The average Bonchev–Trinajstić information content (AvgIpc) is 2.56. The van der Waals surface area contributed by atoms with E-state index in [1.165, 1.54) is 0 Å². The quantitative estimate of drug-likeness (QED) is 0.544. The molecule has 0 saturated carbocycles. The van der Waals surface area contributed by atoms with E-state index in [9.17, 15) is 18.8 Å². The Balaban J connectivity index is 2.77. The third-order valence-corrected chi connectivity index (χ3v) is 2.37. The molecule has 1 N–H and O–H groups in total. The van der Waals surface area contributed by atoms with Gasteiger partial charge in [0.25, 0.3) is 0 Å². The SMILES string of the molecule is CC(C)(C)OC(=O)C(=O)N1C[C@H](F)C[C@H]1C(=O)O. The molecule has 0 radical (unpaired) electrons. The zero-order chi connectivity index (χ0) is 14.1. The summed E-state index contributed by atoms with van der Waals surface area (Å²) in [7, 11) is 0. The summed E-state index contributed by atoms with van der Waals surface area (Å²) in [5, 5.41) is 8.85. The monoisotopic (exact) mass is 261 g/mol. The summed E-state index contributed by atoms with van der Waals surface area (Å²) in [5.41, 5.74) is -0.861. The predicted octanol–water partition coefficient (Wildman–Crippen LogP) is 0.352. The zero-order valence-electron chi connectivity index (χ0n) is 10.5. The summed E-state index contributed by atoms with van der Waals surface area (Å²) >= 11 is 0. The number of nitrogens with zero attached hydrogens (tertiary/aromatic N) is 1. The molecule has 1 aliphatic heterocycles. The molecule has 0 aromatic rings. The van der Waals surface area contributed by atoms with Crippen LogP contribution in [0.25, 0.3) is 0 Å². The molecule has 7 heteroatoms. The highest BCUT2D eigenvalue weighted by atomic mass is 19.1. The molecule has 0 bridgehead atoms. The van der Waals surface area contributed by atoms with E-state index in [1.54, 1.807) is 20.8 Å². The molecule has 2 atom stereocenters. The smallest absolute Gasteiger partial charge is 0.397 e. The molecule has 1 fully saturated rings. The van der Waals surface area contributed by atoms with Crippen LogP contribution in [0.3, 0.4) is 0 Å². The maximum atomic E-state index is 13.1. The van der Waals surface area contributed by atoms with E-state index in [2.05, 4.69) is 0 Å². The number of alkyl halides is 1. The van der Waals surface area contributed by atoms with Crippen LogP contribution in [0.2, 0.25) is 0 Å². The standard InChI is InChI=1S/C11H16FNO5/c1-11(2,3)18-10(17)8(14)13-5-6(12)4-7(13)9(15)16/h6-7H,4-5H2,1-3H3,(H,15,16)/t6-,7+/m1/s1. The third-order valence-electron chi connectivity index (χ3n) is 2.37. The number of amides is 1. The number of esters is 1. The Morgan fingerprint density at radius 3 is 2.33 bits per heavy atom. The Kier molecular flexibility index (Phi) is 3.93. The molecule has 0 aromatic heterocycles. The molecule has 1 aliphatic rings.